The van der Waals surface area contributed by atoms with Crippen LogP contribution in [0, 0.1) is 17.6 Å². The van der Waals surface area contributed by atoms with Crippen LogP contribution >= 0.6 is 12.4 Å². The van der Waals surface area contributed by atoms with E-state index in [0.717, 1.165) is 17.7 Å². The van der Waals surface area contributed by atoms with Crippen LogP contribution in [0.3, 0.4) is 0 Å². The van der Waals surface area contributed by atoms with Crippen molar-refractivity contribution in [1.82, 2.24) is 15.5 Å². The summed E-state index contributed by atoms with van der Waals surface area (Å²) >= 11 is 0. The van der Waals surface area contributed by atoms with Crippen LogP contribution in [0.2, 0.25) is 0 Å². The highest BCUT2D eigenvalue weighted by atomic mass is 35.5. The van der Waals surface area contributed by atoms with Crippen LogP contribution in [0.1, 0.15) is 36.9 Å². The molecular formula is C26H31ClF2N4O4. The topological polar surface area (TPSA) is 99.8 Å². The first-order chi connectivity index (χ1) is 17.3. The van der Waals surface area contributed by atoms with Gasteiger partial charge in [-0.3, -0.25) is 14.4 Å². The second-order valence-electron chi connectivity index (χ2n) is 9.10. The van der Waals surface area contributed by atoms with Gasteiger partial charge in [-0.05, 0) is 56.0 Å². The van der Waals surface area contributed by atoms with Crippen LogP contribution in [0.4, 0.5) is 14.5 Å². The van der Waals surface area contributed by atoms with Gasteiger partial charge in [-0.2, -0.15) is 0 Å². The van der Waals surface area contributed by atoms with Gasteiger partial charge >= 0.3 is 0 Å². The molecule has 8 nitrogen and oxygen atoms in total. The molecule has 1 fully saturated rings. The zero-order valence-corrected chi connectivity index (χ0v) is 21.4. The number of halogens is 3. The average molecular weight is 537 g/mol. The minimum absolute atomic E-state index is 0. The lowest BCUT2D eigenvalue weighted by molar-refractivity contribution is -0.144. The zero-order valence-electron chi connectivity index (χ0n) is 20.6. The number of amides is 3. The molecule has 2 aromatic rings. The first-order valence-corrected chi connectivity index (χ1v) is 12.0. The third-order valence-electron chi connectivity index (χ3n) is 6.87. The number of benzene rings is 2. The van der Waals surface area contributed by atoms with Crippen molar-refractivity contribution in [3.05, 3.63) is 65.2 Å². The van der Waals surface area contributed by atoms with Gasteiger partial charge < -0.3 is 25.6 Å². The van der Waals surface area contributed by atoms with Gasteiger partial charge in [0.25, 0.3) is 5.91 Å². The van der Waals surface area contributed by atoms with E-state index in [1.165, 1.54) is 11.0 Å². The second kappa shape index (κ2) is 12.4. The molecule has 3 N–H and O–H groups in total. The van der Waals surface area contributed by atoms with Gasteiger partial charge in [-0.25, -0.2) is 8.78 Å². The smallest absolute Gasteiger partial charge is 0.252 e. The Labute approximate surface area is 220 Å². The lowest BCUT2D eigenvalue weighted by atomic mass is 9.90. The number of nitrogens with zero attached hydrogens (tertiary/aromatic N) is 1. The number of carbonyl (C=O) groups excluding carboxylic acids is 3. The van der Waals surface area contributed by atoms with Crippen LogP contribution in [-0.2, 0) is 25.7 Å². The highest BCUT2D eigenvalue weighted by Crippen LogP contribution is 2.36. The number of carbonyl (C=O) groups is 3. The van der Waals surface area contributed by atoms with Gasteiger partial charge in [0.2, 0.25) is 11.8 Å². The zero-order chi connectivity index (χ0) is 25.8. The summed E-state index contributed by atoms with van der Waals surface area (Å²) in [6.45, 7) is 2.74. The number of rotatable bonds is 7. The Morgan fingerprint density at radius 3 is 2.32 bits per heavy atom. The molecule has 3 amide bonds. The Morgan fingerprint density at radius 1 is 1.03 bits per heavy atom. The van der Waals surface area contributed by atoms with Gasteiger partial charge in [0, 0.05) is 19.8 Å². The van der Waals surface area contributed by atoms with Crippen molar-refractivity contribution in [2.45, 2.75) is 44.4 Å². The van der Waals surface area contributed by atoms with E-state index in [9.17, 15) is 23.2 Å². The number of nitrogens with one attached hydrogen (secondary N) is 3. The molecule has 0 aromatic heterocycles. The quantitative estimate of drug-likeness (QED) is 0.505. The Bertz CT molecular complexity index is 1130. The molecule has 200 valence electrons. The highest BCUT2D eigenvalue weighted by Gasteiger charge is 2.43. The maximum atomic E-state index is 14.3. The van der Waals surface area contributed by atoms with Crippen molar-refractivity contribution in [2.75, 3.05) is 25.6 Å². The lowest BCUT2D eigenvalue weighted by Crippen LogP contribution is -2.56. The first-order valence-electron chi connectivity index (χ1n) is 12.0. The molecule has 2 aliphatic rings. The van der Waals surface area contributed by atoms with Crippen molar-refractivity contribution >= 4 is 35.8 Å². The maximum Gasteiger partial charge on any atom is 0.252 e. The molecule has 1 saturated heterocycles. The summed E-state index contributed by atoms with van der Waals surface area (Å²) in [4.78, 5) is 41.5. The number of hydrogen-bond donors (Lipinski definition) is 3. The first kappa shape index (κ1) is 28.5. The molecule has 0 spiro atoms. The number of ether oxygens (including phenoxy) is 1. The second-order valence-corrected chi connectivity index (χ2v) is 9.10. The Morgan fingerprint density at radius 2 is 1.68 bits per heavy atom. The van der Waals surface area contributed by atoms with E-state index in [4.69, 9.17) is 4.74 Å². The van der Waals surface area contributed by atoms with Gasteiger partial charge in [-0.1, -0.05) is 30.3 Å². The summed E-state index contributed by atoms with van der Waals surface area (Å²) in [6, 6.07) is 7.82. The summed E-state index contributed by atoms with van der Waals surface area (Å²) in [5.74, 6) is -3.52. The molecule has 0 aliphatic carbocycles. The van der Waals surface area contributed by atoms with Crippen LogP contribution in [0.25, 0.3) is 0 Å². The van der Waals surface area contributed by atoms with Crippen LogP contribution in [0.5, 0.6) is 0 Å². The van der Waals surface area contributed by atoms with Crippen molar-refractivity contribution in [3.8, 4) is 0 Å². The molecule has 0 radical (unpaired) electrons. The van der Waals surface area contributed by atoms with Gasteiger partial charge in [0.1, 0.15) is 29.4 Å². The number of para-hydroxylation sites is 1. The largest absolute Gasteiger partial charge is 0.381 e. The van der Waals surface area contributed by atoms with E-state index in [0.29, 0.717) is 31.6 Å². The minimum atomic E-state index is -1.12. The Balaban J connectivity index is 0.00000380. The van der Waals surface area contributed by atoms with E-state index in [-0.39, 0.29) is 30.8 Å². The molecule has 0 bridgehead atoms. The molecule has 4 rings (SSSR count). The number of likely N-dealkylation sites (N-methyl/N-ethyl adjacent to an activating group) is 1. The summed E-state index contributed by atoms with van der Waals surface area (Å²) < 4.78 is 34.0. The fourth-order valence-corrected chi connectivity index (χ4v) is 4.70. The fourth-order valence-electron chi connectivity index (χ4n) is 4.70. The minimum Gasteiger partial charge on any atom is -0.381 e. The molecule has 2 aliphatic heterocycles. The predicted molar refractivity (Wildman–Crippen MR) is 136 cm³/mol. The van der Waals surface area contributed by atoms with E-state index in [1.807, 2.05) is 0 Å². The van der Waals surface area contributed by atoms with E-state index in [2.05, 4.69) is 16.0 Å². The van der Waals surface area contributed by atoms with Gasteiger partial charge in [-0.15, -0.1) is 12.4 Å². The van der Waals surface area contributed by atoms with Gasteiger partial charge in [0.15, 0.2) is 0 Å². The third-order valence-corrected chi connectivity index (χ3v) is 6.87. The lowest BCUT2D eigenvalue weighted by Gasteiger charge is -2.35. The normalized spacial score (nSPS) is 18.8. The summed E-state index contributed by atoms with van der Waals surface area (Å²) in [6.07, 6.45) is 1.14. The molecule has 0 saturated carbocycles. The SMILES string of the molecule is CN[C@@H](C)C(=O)N[C@H](C(=O)N1Cc2ccccc2C1C(=O)Nc1c(F)cccc1F)C1CCOCC1.Cl. The molecule has 1 unspecified atom stereocenters. The number of fused-ring (bicyclic) bond motifs is 1. The Hall–Kier alpha value is -3.08. The molecule has 2 aromatic carbocycles. The standard InChI is InChI=1S/C26H30F2N4O4.ClH/c1-15(29-2)24(33)30-21(16-10-12-36-13-11-16)26(35)32-14-17-6-3-4-7-18(17)23(32)25(34)31-22-19(27)8-5-9-20(22)28;/h3-9,15-16,21,23,29H,10-14H2,1-2H3,(H,30,33)(H,31,34);1H/t15-,21-,23?;/m0./s1. The fraction of sp³-hybridized carbons (Fsp3) is 0.423. The van der Waals surface area contributed by atoms with E-state index in [1.54, 1.807) is 38.2 Å². The molecule has 3 atom stereocenters. The monoisotopic (exact) mass is 536 g/mol. The van der Waals surface area contributed by atoms with Gasteiger partial charge in [0.05, 0.1) is 6.04 Å². The third kappa shape index (κ3) is 6.08. The number of hydrogen-bond acceptors (Lipinski definition) is 5. The summed E-state index contributed by atoms with van der Waals surface area (Å²) in [5, 5.41) is 8.06. The highest BCUT2D eigenvalue weighted by molar-refractivity contribution is 6.00. The van der Waals surface area contributed by atoms with E-state index >= 15 is 0 Å². The maximum absolute atomic E-state index is 14.3. The summed E-state index contributed by atoms with van der Waals surface area (Å²) in [7, 11) is 1.65. The Kier molecular flexibility index (Phi) is 9.58. The molecule has 37 heavy (non-hydrogen) atoms. The molecule has 2 heterocycles. The van der Waals surface area contributed by atoms with Crippen molar-refractivity contribution in [1.29, 1.82) is 0 Å². The van der Waals surface area contributed by atoms with Crippen molar-refractivity contribution < 1.29 is 27.9 Å². The van der Waals surface area contributed by atoms with Crippen LogP contribution < -0.4 is 16.0 Å². The predicted octanol–water partition coefficient (Wildman–Crippen LogP) is 2.93. The van der Waals surface area contributed by atoms with Crippen LogP contribution in [0.15, 0.2) is 42.5 Å². The van der Waals surface area contributed by atoms with Crippen molar-refractivity contribution in [2.24, 2.45) is 5.92 Å². The van der Waals surface area contributed by atoms with Crippen LogP contribution in [-0.4, -0.2) is 55.0 Å². The molecule has 11 heteroatoms. The summed E-state index contributed by atoms with van der Waals surface area (Å²) in [5.41, 5.74) is 0.748. The van der Waals surface area contributed by atoms with E-state index < -0.39 is 47.3 Å². The molecular weight excluding hydrogens is 506 g/mol. The average Bonchev–Trinajstić information content (AvgIpc) is 3.28. The number of anilines is 1. The van der Waals surface area contributed by atoms with Crippen molar-refractivity contribution in [3.63, 3.8) is 0 Å².